The Balaban J connectivity index is 1.45. The Labute approximate surface area is 173 Å². The van der Waals surface area contributed by atoms with Gasteiger partial charge in [-0.3, -0.25) is 9.69 Å². The molecule has 0 N–H and O–H groups in total. The van der Waals surface area contributed by atoms with Crippen LogP contribution in [0.1, 0.15) is 11.1 Å². The molecule has 0 spiro atoms. The number of benzene rings is 2. The number of rotatable bonds is 5. The first-order valence-corrected chi connectivity index (χ1v) is 10.2. The van der Waals surface area contributed by atoms with E-state index in [4.69, 9.17) is 21.7 Å². The van der Waals surface area contributed by atoms with Gasteiger partial charge in [-0.1, -0.05) is 54.3 Å². The molecule has 2 aliphatic heterocycles. The Bertz CT molecular complexity index is 980. The van der Waals surface area contributed by atoms with Crippen LogP contribution in [0.25, 0.3) is 6.08 Å². The largest absolute Gasteiger partial charge is 0.497 e. The van der Waals surface area contributed by atoms with E-state index in [0.29, 0.717) is 22.4 Å². The Morgan fingerprint density at radius 3 is 2.79 bits per heavy atom. The van der Waals surface area contributed by atoms with E-state index in [1.165, 1.54) is 11.8 Å². The molecule has 0 atom stereocenters. The number of nitrogens with zero attached hydrogens (tertiary/aromatic N) is 1. The molecule has 2 aromatic rings. The highest BCUT2D eigenvalue weighted by atomic mass is 32.2. The standard InChI is InChI=1S/C22H19NO3S2/c1-25-18-8-6-15(7-9-18)10-11-23-21(24)20(28-22(23)27)13-16-12-17-4-2-3-5-19(17)26-14-16/h2-9,12-13H,10-11,14H2,1H3/b20-13-. The van der Waals surface area contributed by atoms with Gasteiger partial charge in [-0.05, 0) is 47.9 Å². The minimum Gasteiger partial charge on any atom is -0.497 e. The van der Waals surface area contributed by atoms with Gasteiger partial charge < -0.3 is 9.47 Å². The summed E-state index contributed by atoms with van der Waals surface area (Å²) in [5.74, 6) is 1.65. The van der Waals surface area contributed by atoms with Crippen molar-refractivity contribution in [2.24, 2.45) is 0 Å². The third kappa shape index (κ3) is 3.98. The Morgan fingerprint density at radius 2 is 2.00 bits per heavy atom. The maximum atomic E-state index is 12.8. The lowest BCUT2D eigenvalue weighted by molar-refractivity contribution is -0.122. The number of fused-ring (bicyclic) bond motifs is 1. The highest BCUT2D eigenvalue weighted by Crippen LogP contribution is 2.34. The molecule has 6 heteroatoms. The van der Waals surface area contributed by atoms with Gasteiger partial charge in [-0.25, -0.2) is 0 Å². The number of para-hydroxylation sites is 1. The number of thiocarbonyl (C=S) groups is 1. The molecule has 2 heterocycles. The Morgan fingerprint density at radius 1 is 1.21 bits per heavy atom. The number of hydrogen-bond donors (Lipinski definition) is 0. The summed E-state index contributed by atoms with van der Waals surface area (Å²) >= 11 is 6.79. The minimum atomic E-state index is -0.0386. The molecule has 0 bridgehead atoms. The van der Waals surface area contributed by atoms with Crippen LogP contribution in [0.15, 0.2) is 65.1 Å². The van der Waals surface area contributed by atoms with Crippen LogP contribution in [-0.2, 0) is 11.2 Å². The zero-order chi connectivity index (χ0) is 19.5. The smallest absolute Gasteiger partial charge is 0.266 e. The topological polar surface area (TPSA) is 38.8 Å². The van der Waals surface area contributed by atoms with Crippen molar-refractivity contribution in [2.75, 3.05) is 20.3 Å². The van der Waals surface area contributed by atoms with Gasteiger partial charge in [0.2, 0.25) is 0 Å². The summed E-state index contributed by atoms with van der Waals surface area (Å²) in [6, 6.07) is 15.7. The summed E-state index contributed by atoms with van der Waals surface area (Å²) < 4.78 is 11.5. The number of thioether (sulfide) groups is 1. The second-order valence-electron chi connectivity index (χ2n) is 6.48. The molecule has 2 aliphatic rings. The fraction of sp³-hybridized carbons (Fsp3) is 0.182. The van der Waals surface area contributed by atoms with Crippen molar-refractivity contribution in [1.29, 1.82) is 0 Å². The van der Waals surface area contributed by atoms with E-state index >= 15 is 0 Å². The van der Waals surface area contributed by atoms with Crippen molar-refractivity contribution in [3.63, 3.8) is 0 Å². The quantitative estimate of drug-likeness (QED) is 0.539. The molecule has 2 aromatic carbocycles. The maximum Gasteiger partial charge on any atom is 0.266 e. The van der Waals surface area contributed by atoms with E-state index in [2.05, 4.69) is 6.08 Å². The van der Waals surface area contributed by atoms with Crippen LogP contribution in [0.4, 0.5) is 0 Å². The monoisotopic (exact) mass is 409 g/mol. The molecule has 28 heavy (non-hydrogen) atoms. The van der Waals surface area contributed by atoms with Gasteiger partial charge in [0.25, 0.3) is 5.91 Å². The van der Waals surface area contributed by atoms with Crippen LogP contribution in [0.2, 0.25) is 0 Å². The van der Waals surface area contributed by atoms with E-state index < -0.39 is 0 Å². The van der Waals surface area contributed by atoms with Gasteiger partial charge in [0, 0.05) is 12.1 Å². The van der Waals surface area contributed by atoms with Crippen molar-refractivity contribution in [3.05, 3.63) is 76.2 Å². The fourth-order valence-electron chi connectivity index (χ4n) is 3.11. The molecule has 4 nitrogen and oxygen atoms in total. The van der Waals surface area contributed by atoms with Gasteiger partial charge in [-0.15, -0.1) is 0 Å². The summed E-state index contributed by atoms with van der Waals surface area (Å²) in [6.45, 7) is 1.01. The molecule has 0 radical (unpaired) electrons. The van der Waals surface area contributed by atoms with Crippen molar-refractivity contribution in [2.45, 2.75) is 6.42 Å². The minimum absolute atomic E-state index is 0.0386. The van der Waals surface area contributed by atoms with Gasteiger partial charge in [0.15, 0.2) is 0 Å². The third-order valence-electron chi connectivity index (χ3n) is 4.63. The molecule has 0 saturated carbocycles. The molecular weight excluding hydrogens is 390 g/mol. The fourth-order valence-corrected chi connectivity index (χ4v) is 4.44. The number of carbonyl (C=O) groups is 1. The maximum absolute atomic E-state index is 12.8. The second kappa shape index (κ2) is 8.20. The van der Waals surface area contributed by atoms with Gasteiger partial charge in [-0.2, -0.15) is 0 Å². The summed E-state index contributed by atoms with van der Waals surface area (Å²) in [6.07, 6.45) is 4.69. The van der Waals surface area contributed by atoms with Crippen LogP contribution in [-0.4, -0.2) is 35.4 Å². The SMILES string of the molecule is COc1ccc(CCN2C(=O)/C(=C/C3=Cc4ccccc4OC3)SC2=S)cc1. The van der Waals surface area contributed by atoms with Crippen molar-refractivity contribution < 1.29 is 14.3 Å². The van der Waals surface area contributed by atoms with Crippen LogP contribution in [0.3, 0.4) is 0 Å². The molecule has 142 valence electrons. The second-order valence-corrected chi connectivity index (χ2v) is 8.15. The summed E-state index contributed by atoms with van der Waals surface area (Å²) in [4.78, 5) is 15.1. The third-order valence-corrected chi connectivity index (χ3v) is 6.01. The molecule has 0 aliphatic carbocycles. The van der Waals surface area contributed by atoms with Crippen LogP contribution < -0.4 is 9.47 Å². The normalized spacial score (nSPS) is 17.4. The number of amides is 1. The molecular formula is C22H19NO3S2. The molecule has 1 fully saturated rings. The van der Waals surface area contributed by atoms with Gasteiger partial charge in [0.05, 0.1) is 12.0 Å². The lowest BCUT2D eigenvalue weighted by Gasteiger charge is -2.16. The number of hydrogen-bond acceptors (Lipinski definition) is 5. The molecule has 1 saturated heterocycles. The predicted molar refractivity (Wildman–Crippen MR) is 117 cm³/mol. The van der Waals surface area contributed by atoms with E-state index in [1.54, 1.807) is 12.0 Å². The molecule has 1 amide bonds. The van der Waals surface area contributed by atoms with E-state index in [9.17, 15) is 4.79 Å². The number of ether oxygens (including phenoxy) is 2. The van der Waals surface area contributed by atoms with E-state index in [1.807, 2.05) is 54.6 Å². The highest BCUT2D eigenvalue weighted by Gasteiger charge is 2.32. The van der Waals surface area contributed by atoms with E-state index in [-0.39, 0.29) is 5.91 Å². The summed E-state index contributed by atoms with van der Waals surface area (Å²) in [7, 11) is 1.65. The van der Waals surface area contributed by atoms with Crippen molar-refractivity contribution in [3.8, 4) is 11.5 Å². The Kier molecular flexibility index (Phi) is 5.50. The summed E-state index contributed by atoms with van der Waals surface area (Å²) in [5, 5.41) is 0. The number of carbonyl (C=O) groups excluding carboxylic acids is 1. The number of methoxy groups -OCH3 is 1. The zero-order valence-electron chi connectivity index (χ0n) is 15.4. The molecule has 4 rings (SSSR count). The average Bonchev–Trinajstić information content (AvgIpc) is 2.99. The zero-order valence-corrected chi connectivity index (χ0v) is 17.0. The first-order chi connectivity index (χ1) is 13.6. The average molecular weight is 410 g/mol. The summed E-state index contributed by atoms with van der Waals surface area (Å²) in [5.41, 5.74) is 3.13. The van der Waals surface area contributed by atoms with Crippen LogP contribution in [0.5, 0.6) is 11.5 Å². The Hall–Kier alpha value is -2.57. The first kappa shape index (κ1) is 18.8. The lowest BCUT2D eigenvalue weighted by atomic mass is 10.1. The van der Waals surface area contributed by atoms with Crippen molar-refractivity contribution >= 4 is 40.3 Å². The predicted octanol–water partition coefficient (Wildman–Crippen LogP) is 4.46. The highest BCUT2D eigenvalue weighted by molar-refractivity contribution is 8.26. The van der Waals surface area contributed by atoms with Gasteiger partial charge in [0.1, 0.15) is 22.4 Å². The first-order valence-electron chi connectivity index (χ1n) is 8.95. The van der Waals surface area contributed by atoms with Crippen LogP contribution in [0, 0.1) is 0 Å². The van der Waals surface area contributed by atoms with E-state index in [0.717, 1.165) is 34.6 Å². The lowest BCUT2D eigenvalue weighted by Crippen LogP contribution is -2.30. The van der Waals surface area contributed by atoms with Crippen LogP contribution >= 0.6 is 24.0 Å². The van der Waals surface area contributed by atoms with Gasteiger partial charge >= 0.3 is 0 Å². The molecule has 0 aromatic heterocycles. The van der Waals surface area contributed by atoms with Crippen molar-refractivity contribution in [1.82, 2.24) is 4.90 Å². The molecule has 0 unspecified atom stereocenters.